The average Bonchev–Trinajstić information content (AvgIpc) is 2.77. The zero-order valence-electron chi connectivity index (χ0n) is 13.5. The monoisotopic (exact) mass is 342 g/mol. The highest BCUT2D eigenvalue weighted by Gasteiger charge is 2.19. The Morgan fingerprint density at radius 3 is 2.58 bits per heavy atom. The molecule has 2 amide bonds. The first-order valence-corrected chi connectivity index (χ1v) is 8.35. The number of hydrogen-bond acceptors (Lipinski definition) is 2. The van der Waals surface area contributed by atoms with Gasteiger partial charge in [-0.2, -0.15) is 0 Å². The minimum absolute atomic E-state index is 0.0954. The standard InChI is InChI=1S/C19H19ClN2O2/c1-13(23)17-9-8-16(11-18(17)20)21-19(24)22-10-4-7-14-5-2-3-6-15(14)12-22/h2-3,5-6,8-9,11H,4,7,10,12H2,1H3,(H,21,24). The van der Waals surface area contributed by atoms with Crippen molar-refractivity contribution >= 4 is 29.1 Å². The number of carbonyl (C=O) groups excluding carboxylic acids is 2. The van der Waals surface area contributed by atoms with E-state index in [4.69, 9.17) is 11.6 Å². The molecule has 0 saturated carbocycles. The van der Waals surface area contributed by atoms with Crippen LogP contribution in [0.3, 0.4) is 0 Å². The van der Waals surface area contributed by atoms with Crippen LogP contribution in [0.5, 0.6) is 0 Å². The summed E-state index contributed by atoms with van der Waals surface area (Å²) in [5.41, 5.74) is 3.54. The van der Waals surface area contributed by atoms with E-state index in [9.17, 15) is 9.59 Å². The third-order valence-corrected chi connectivity index (χ3v) is 4.55. The minimum atomic E-state index is -0.154. The van der Waals surface area contributed by atoms with Crippen molar-refractivity contribution in [2.75, 3.05) is 11.9 Å². The fraction of sp³-hybridized carbons (Fsp3) is 0.263. The second-order valence-corrected chi connectivity index (χ2v) is 6.38. The summed E-state index contributed by atoms with van der Waals surface area (Å²) in [6.07, 6.45) is 1.92. The number of urea groups is 1. The van der Waals surface area contributed by atoms with Crippen LogP contribution in [0.1, 0.15) is 34.8 Å². The molecule has 0 bridgehead atoms. The summed E-state index contributed by atoms with van der Waals surface area (Å²) in [6.45, 7) is 2.77. The molecule has 0 aliphatic carbocycles. The molecular weight excluding hydrogens is 324 g/mol. The summed E-state index contributed by atoms with van der Waals surface area (Å²) in [7, 11) is 0. The van der Waals surface area contributed by atoms with Crippen LogP contribution in [-0.4, -0.2) is 23.3 Å². The van der Waals surface area contributed by atoms with Gasteiger partial charge >= 0.3 is 6.03 Å². The van der Waals surface area contributed by atoms with E-state index in [2.05, 4.69) is 17.4 Å². The summed E-state index contributed by atoms with van der Waals surface area (Å²) in [5, 5.41) is 3.22. The Morgan fingerprint density at radius 1 is 1.12 bits per heavy atom. The molecule has 1 aliphatic heterocycles. The third kappa shape index (κ3) is 3.60. The van der Waals surface area contributed by atoms with Gasteiger partial charge in [0.15, 0.2) is 5.78 Å². The Hall–Kier alpha value is -2.33. The van der Waals surface area contributed by atoms with Crippen LogP contribution in [0.15, 0.2) is 42.5 Å². The number of aryl methyl sites for hydroxylation is 1. The highest BCUT2D eigenvalue weighted by atomic mass is 35.5. The lowest BCUT2D eigenvalue weighted by molar-refractivity contribution is 0.101. The molecule has 0 aromatic heterocycles. The maximum atomic E-state index is 12.6. The van der Waals surface area contributed by atoms with Crippen LogP contribution in [-0.2, 0) is 13.0 Å². The minimum Gasteiger partial charge on any atom is -0.320 e. The van der Waals surface area contributed by atoms with Gasteiger partial charge in [0.05, 0.1) is 5.02 Å². The first kappa shape index (κ1) is 16.5. The fourth-order valence-corrected chi connectivity index (χ4v) is 3.27. The van der Waals surface area contributed by atoms with Crippen molar-refractivity contribution in [3.63, 3.8) is 0 Å². The van der Waals surface area contributed by atoms with E-state index in [1.807, 2.05) is 12.1 Å². The van der Waals surface area contributed by atoms with Gasteiger partial charge < -0.3 is 10.2 Å². The number of amides is 2. The van der Waals surface area contributed by atoms with Crippen molar-refractivity contribution in [3.05, 3.63) is 64.2 Å². The van der Waals surface area contributed by atoms with E-state index in [0.717, 1.165) is 12.8 Å². The lowest BCUT2D eigenvalue weighted by atomic mass is 10.0. The Kier molecular flexibility index (Phi) is 4.86. The molecule has 0 radical (unpaired) electrons. The van der Waals surface area contributed by atoms with Crippen LogP contribution >= 0.6 is 11.6 Å². The molecule has 2 aromatic rings. The van der Waals surface area contributed by atoms with E-state index >= 15 is 0 Å². The molecule has 1 heterocycles. The maximum Gasteiger partial charge on any atom is 0.322 e. The van der Waals surface area contributed by atoms with Crippen molar-refractivity contribution < 1.29 is 9.59 Å². The van der Waals surface area contributed by atoms with Gasteiger partial charge in [-0.05, 0) is 49.1 Å². The molecule has 0 unspecified atom stereocenters. The largest absolute Gasteiger partial charge is 0.322 e. The van der Waals surface area contributed by atoms with Crippen LogP contribution in [0.2, 0.25) is 5.02 Å². The molecule has 0 atom stereocenters. The number of nitrogens with zero attached hydrogens (tertiary/aromatic N) is 1. The number of benzene rings is 2. The molecule has 1 aliphatic rings. The van der Waals surface area contributed by atoms with Crippen LogP contribution in [0, 0.1) is 0 Å². The number of Topliss-reactive ketones (excluding diaryl/α,β-unsaturated/α-hetero) is 1. The number of nitrogens with one attached hydrogen (secondary N) is 1. The van der Waals surface area contributed by atoms with Crippen LogP contribution in [0.25, 0.3) is 0 Å². The van der Waals surface area contributed by atoms with Crippen molar-refractivity contribution in [1.29, 1.82) is 0 Å². The topological polar surface area (TPSA) is 49.4 Å². The molecule has 0 saturated heterocycles. The van der Waals surface area contributed by atoms with Crippen LogP contribution < -0.4 is 5.32 Å². The Balaban J connectivity index is 1.73. The number of ketones is 1. The first-order chi connectivity index (χ1) is 11.5. The second-order valence-electron chi connectivity index (χ2n) is 5.97. The summed E-state index contributed by atoms with van der Waals surface area (Å²) < 4.78 is 0. The number of anilines is 1. The van der Waals surface area contributed by atoms with Gasteiger partial charge in [-0.1, -0.05) is 35.9 Å². The quantitative estimate of drug-likeness (QED) is 0.815. The zero-order valence-corrected chi connectivity index (χ0v) is 14.3. The van der Waals surface area contributed by atoms with E-state index in [-0.39, 0.29) is 11.8 Å². The van der Waals surface area contributed by atoms with Gasteiger partial charge in [-0.15, -0.1) is 0 Å². The average molecular weight is 343 g/mol. The summed E-state index contributed by atoms with van der Waals surface area (Å²) in [5.74, 6) is -0.0954. The molecule has 3 rings (SSSR count). The Morgan fingerprint density at radius 2 is 1.88 bits per heavy atom. The highest BCUT2D eigenvalue weighted by molar-refractivity contribution is 6.34. The van der Waals surface area contributed by atoms with Crippen molar-refractivity contribution in [3.8, 4) is 0 Å². The lowest BCUT2D eigenvalue weighted by Gasteiger charge is -2.21. The molecule has 5 heteroatoms. The van der Waals surface area contributed by atoms with E-state index in [1.165, 1.54) is 18.1 Å². The molecule has 24 heavy (non-hydrogen) atoms. The van der Waals surface area contributed by atoms with Gasteiger partial charge in [-0.3, -0.25) is 4.79 Å². The van der Waals surface area contributed by atoms with Gasteiger partial charge in [0, 0.05) is 24.3 Å². The molecule has 4 nitrogen and oxygen atoms in total. The predicted octanol–water partition coefficient (Wildman–Crippen LogP) is 4.52. The molecule has 124 valence electrons. The maximum absolute atomic E-state index is 12.6. The summed E-state index contributed by atoms with van der Waals surface area (Å²) in [4.78, 5) is 25.8. The van der Waals surface area contributed by atoms with Gasteiger partial charge in [0.25, 0.3) is 0 Å². The van der Waals surface area contributed by atoms with Gasteiger partial charge in [-0.25, -0.2) is 4.79 Å². The number of carbonyl (C=O) groups is 2. The Bertz CT molecular complexity index is 789. The molecular formula is C19H19ClN2O2. The van der Waals surface area contributed by atoms with E-state index in [1.54, 1.807) is 23.1 Å². The van der Waals surface area contributed by atoms with Crippen LogP contribution in [0.4, 0.5) is 10.5 Å². The van der Waals surface area contributed by atoms with Crippen molar-refractivity contribution in [2.24, 2.45) is 0 Å². The first-order valence-electron chi connectivity index (χ1n) is 7.98. The zero-order chi connectivity index (χ0) is 17.1. The SMILES string of the molecule is CC(=O)c1ccc(NC(=O)N2CCCc3ccccc3C2)cc1Cl. The number of fused-ring (bicyclic) bond motifs is 1. The lowest BCUT2D eigenvalue weighted by Crippen LogP contribution is -2.34. The number of rotatable bonds is 2. The van der Waals surface area contributed by atoms with Gasteiger partial charge in [0.1, 0.15) is 0 Å². The Labute approximate surface area is 146 Å². The summed E-state index contributed by atoms with van der Waals surface area (Å²) in [6, 6.07) is 13.0. The molecule has 2 aromatic carbocycles. The number of hydrogen-bond donors (Lipinski definition) is 1. The highest BCUT2D eigenvalue weighted by Crippen LogP contribution is 2.23. The van der Waals surface area contributed by atoms with Crippen molar-refractivity contribution in [1.82, 2.24) is 4.90 Å². The second kappa shape index (κ2) is 7.05. The van der Waals surface area contributed by atoms with Crippen molar-refractivity contribution in [2.45, 2.75) is 26.3 Å². The smallest absolute Gasteiger partial charge is 0.320 e. The normalized spacial score (nSPS) is 13.8. The fourth-order valence-electron chi connectivity index (χ4n) is 2.95. The molecule has 0 spiro atoms. The van der Waals surface area contributed by atoms with Gasteiger partial charge in [0.2, 0.25) is 0 Å². The third-order valence-electron chi connectivity index (χ3n) is 4.24. The predicted molar refractivity (Wildman–Crippen MR) is 95.6 cm³/mol. The number of halogens is 1. The summed E-state index contributed by atoms with van der Waals surface area (Å²) >= 11 is 6.10. The molecule has 0 fully saturated rings. The van der Waals surface area contributed by atoms with E-state index < -0.39 is 0 Å². The van der Waals surface area contributed by atoms with E-state index in [0.29, 0.717) is 29.4 Å². The molecule has 1 N–H and O–H groups in total.